The SMILES string of the molecule is CCNC(=O)c1cccc(CNC(=NC)N(C)Cc2ccc(OCC)cc2)c1.I. The highest BCUT2D eigenvalue weighted by atomic mass is 127. The van der Waals surface area contributed by atoms with E-state index in [1.165, 1.54) is 5.56 Å². The summed E-state index contributed by atoms with van der Waals surface area (Å²) in [5.74, 6) is 1.61. The number of amides is 1. The van der Waals surface area contributed by atoms with Crippen LogP contribution in [0.2, 0.25) is 0 Å². The van der Waals surface area contributed by atoms with Crippen LogP contribution in [0.25, 0.3) is 0 Å². The Labute approximate surface area is 190 Å². The Morgan fingerprint density at radius 1 is 1.07 bits per heavy atom. The second-order valence-corrected chi connectivity index (χ2v) is 6.39. The fourth-order valence-corrected chi connectivity index (χ4v) is 2.86. The van der Waals surface area contributed by atoms with Gasteiger partial charge >= 0.3 is 0 Å². The van der Waals surface area contributed by atoms with Crippen molar-refractivity contribution >= 4 is 35.8 Å². The molecule has 0 unspecified atom stereocenters. The standard InChI is InChI=1S/C22H30N4O2.HI/c1-5-24-21(27)19-9-7-8-18(14-19)15-25-22(23-3)26(4)16-17-10-12-20(13-11-17)28-6-2;/h7-14H,5-6,15-16H2,1-4H3,(H,23,25)(H,24,27);1H. The van der Waals surface area contributed by atoms with Crippen molar-refractivity contribution in [3.63, 3.8) is 0 Å². The van der Waals surface area contributed by atoms with E-state index in [-0.39, 0.29) is 29.9 Å². The number of guanidine groups is 1. The van der Waals surface area contributed by atoms with E-state index in [4.69, 9.17) is 4.74 Å². The molecular weight excluding hydrogens is 479 g/mol. The fraction of sp³-hybridized carbons (Fsp3) is 0.364. The zero-order chi connectivity index (χ0) is 20.4. The average molecular weight is 510 g/mol. The average Bonchev–Trinajstić information content (AvgIpc) is 2.70. The lowest BCUT2D eigenvalue weighted by Crippen LogP contribution is -2.38. The summed E-state index contributed by atoms with van der Waals surface area (Å²) in [5.41, 5.74) is 2.87. The number of benzene rings is 2. The summed E-state index contributed by atoms with van der Waals surface area (Å²) in [7, 11) is 3.76. The van der Waals surface area contributed by atoms with Gasteiger partial charge in [0.05, 0.1) is 6.61 Å². The van der Waals surface area contributed by atoms with Crippen LogP contribution in [0.15, 0.2) is 53.5 Å². The minimum atomic E-state index is -0.0543. The predicted molar refractivity (Wildman–Crippen MR) is 129 cm³/mol. The number of carbonyl (C=O) groups excluding carboxylic acids is 1. The third-order valence-corrected chi connectivity index (χ3v) is 4.20. The molecule has 6 nitrogen and oxygen atoms in total. The van der Waals surface area contributed by atoms with Gasteiger partial charge in [-0.2, -0.15) is 0 Å². The van der Waals surface area contributed by atoms with E-state index in [1.54, 1.807) is 7.05 Å². The summed E-state index contributed by atoms with van der Waals surface area (Å²) in [6, 6.07) is 15.7. The van der Waals surface area contributed by atoms with Crippen molar-refractivity contribution < 1.29 is 9.53 Å². The Kier molecular flexibility index (Phi) is 11.1. The van der Waals surface area contributed by atoms with Gasteiger partial charge < -0.3 is 20.3 Å². The van der Waals surface area contributed by atoms with Crippen LogP contribution in [0.5, 0.6) is 5.75 Å². The van der Waals surface area contributed by atoms with Crippen molar-refractivity contribution in [3.8, 4) is 5.75 Å². The summed E-state index contributed by atoms with van der Waals surface area (Å²) in [5, 5.41) is 6.18. The van der Waals surface area contributed by atoms with Gasteiger partial charge in [-0.1, -0.05) is 24.3 Å². The van der Waals surface area contributed by atoms with Crippen LogP contribution in [0.3, 0.4) is 0 Å². The number of rotatable bonds is 8. The summed E-state index contributed by atoms with van der Waals surface area (Å²) >= 11 is 0. The maximum Gasteiger partial charge on any atom is 0.251 e. The van der Waals surface area contributed by atoms with Crippen LogP contribution >= 0.6 is 24.0 Å². The van der Waals surface area contributed by atoms with Gasteiger partial charge in [-0.15, -0.1) is 24.0 Å². The maximum absolute atomic E-state index is 12.0. The molecule has 0 aromatic heterocycles. The molecular formula is C22H31IN4O2. The van der Waals surface area contributed by atoms with Crippen LogP contribution in [0, 0.1) is 0 Å². The van der Waals surface area contributed by atoms with Crippen LogP contribution in [0.4, 0.5) is 0 Å². The van der Waals surface area contributed by atoms with Crippen molar-refractivity contribution in [2.24, 2.45) is 4.99 Å². The van der Waals surface area contributed by atoms with Gasteiger partial charge in [-0.3, -0.25) is 9.79 Å². The smallest absolute Gasteiger partial charge is 0.251 e. The molecule has 0 heterocycles. The summed E-state index contributed by atoms with van der Waals surface area (Å²) in [6.45, 7) is 6.48. The molecule has 0 aliphatic rings. The highest BCUT2D eigenvalue weighted by molar-refractivity contribution is 14.0. The highest BCUT2D eigenvalue weighted by Crippen LogP contribution is 2.13. The second kappa shape index (κ2) is 13.0. The predicted octanol–water partition coefficient (Wildman–Crippen LogP) is 3.66. The third-order valence-electron chi connectivity index (χ3n) is 4.20. The van der Waals surface area contributed by atoms with Crippen LogP contribution in [-0.2, 0) is 13.1 Å². The number of nitrogens with zero attached hydrogens (tertiary/aromatic N) is 2. The molecule has 0 fully saturated rings. The van der Waals surface area contributed by atoms with Crippen LogP contribution in [0.1, 0.15) is 35.3 Å². The van der Waals surface area contributed by atoms with Crippen molar-refractivity contribution in [3.05, 3.63) is 65.2 Å². The molecule has 0 saturated heterocycles. The minimum Gasteiger partial charge on any atom is -0.494 e. The lowest BCUT2D eigenvalue weighted by atomic mass is 10.1. The van der Waals surface area contributed by atoms with Gasteiger partial charge in [-0.05, 0) is 49.2 Å². The quantitative estimate of drug-likeness (QED) is 0.323. The minimum absolute atomic E-state index is 0. The molecule has 2 rings (SSSR count). The fourth-order valence-electron chi connectivity index (χ4n) is 2.86. The Hall–Kier alpha value is -2.29. The molecule has 0 bridgehead atoms. The van der Waals surface area contributed by atoms with Crippen molar-refractivity contribution in [2.75, 3.05) is 27.2 Å². The molecule has 2 aromatic carbocycles. The number of hydrogen-bond acceptors (Lipinski definition) is 3. The molecule has 0 saturated carbocycles. The zero-order valence-corrected chi connectivity index (χ0v) is 19.9. The van der Waals surface area contributed by atoms with Gasteiger partial charge in [0.2, 0.25) is 0 Å². The van der Waals surface area contributed by atoms with Gasteiger partial charge in [0, 0.05) is 39.3 Å². The highest BCUT2D eigenvalue weighted by Gasteiger charge is 2.09. The molecule has 0 spiro atoms. The number of nitrogens with one attached hydrogen (secondary N) is 2. The summed E-state index contributed by atoms with van der Waals surface area (Å²) < 4.78 is 5.49. The Balaban J connectivity index is 0.00000420. The Morgan fingerprint density at radius 2 is 1.79 bits per heavy atom. The first-order valence-electron chi connectivity index (χ1n) is 9.58. The van der Waals surface area contributed by atoms with Gasteiger partial charge in [0.25, 0.3) is 5.91 Å². The second-order valence-electron chi connectivity index (χ2n) is 6.39. The van der Waals surface area contributed by atoms with Gasteiger partial charge in [-0.25, -0.2) is 0 Å². The number of halogens is 1. The molecule has 1 amide bonds. The van der Waals surface area contributed by atoms with Crippen molar-refractivity contribution in [1.82, 2.24) is 15.5 Å². The van der Waals surface area contributed by atoms with Gasteiger partial charge in [0.15, 0.2) is 5.96 Å². The topological polar surface area (TPSA) is 66.0 Å². The van der Waals surface area contributed by atoms with Crippen LogP contribution < -0.4 is 15.4 Å². The molecule has 0 aliphatic carbocycles. The molecule has 7 heteroatoms. The molecule has 158 valence electrons. The molecule has 2 aromatic rings. The maximum atomic E-state index is 12.0. The Morgan fingerprint density at radius 3 is 2.41 bits per heavy atom. The van der Waals surface area contributed by atoms with E-state index in [0.717, 1.165) is 23.8 Å². The molecule has 0 radical (unpaired) electrons. The first-order valence-corrected chi connectivity index (χ1v) is 9.58. The molecule has 0 atom stereocenters. The number of hydrogen-bond donors (Lipinski definition) is 2. The number of carbonyl (C=O) groups is 1. The number of ether oxygens (including phenoxy) is 1. The largest absolute Gasteiger partial charge is 0.494 e. The van der Waals surface area contributed by atoms with E-state index >= 15 is 0 Å². The third kappa shape index (κ3) is 7.92. The summed E-state index contributed by atoms with van der Waals surface area (Å²) in [6.07, 6.45) is 0. The first-order chi connectivity index (χ1) is 13.6. The lowest BCUT2D eigenvalue weighted by Gasteiger charge is -2.22. The Bertz CT molecular complexity index is 794. The monoisotopic (exact) mass is 510 g/mol. The van der Waals surface area contributed by atoms with Gasteiger partial charge in [0.1, 0.15) is 5.75 Å². The summed E-state index contributed by atoms with van der Waals surface area (Å²) in [4.78, 5) is 18.4. The van der Waals surface area contributed by atoms with Crippen molar-refractivity contribution in [2.45, 2.75) is 26.9 Å². The van der Waals surface area contributed by atoms with E-state index < -0.39 is 0 Å². The molecule has 29 heavy (non-hydrogen) atoms. The lowest BCUT2D eigenvalue weighted by molar-refractivity contribution is 0.0955. The molecule has 2 N–H and O–H groups in total. The van der Waals surface area contributed by atoms with E-state index in [2.05, 4.69) is 32.7 Å². The van der Waals surface area contributed by atoms with Crippen molar-refractivity contribution in [1.29, 1.82) is 0 Å². The first kappa shape index (κ1) is 24.7. The zero-order valence-electron chi connectivity index (χ0n) is 17.6. The van der Waals surface area contributed by atoms with E-state index in [1.807, 2.05) is 57.3 Å². The van der Waals surface area contributed by atoms with E-state index in [9.17, 15) is 4.79 Å². The van der Waals surface area contributed by atoms with E-state index in [0.29, 0.717) is 25.3 Å². The van der Waals surface area contributed by atoms with Crippen LogP contribution in [-0.4, -0.2) is 44.0 Å². The normalized spacial score (nSPS) is 10.7. The molecule has 0 aliphatic heterocycles. The number of aliphatic imine (C=N–C) groups is 1.